The largest absolute Gasteiger partial charge is 0.368 e. The normalized spacial score (nSPS) is 16.1. The number of carbonyl (C=O) groups excluding carboxylic acids is 1. The Kier molecular flexibility index (Phi) is 5.56. The molecule has 4 nitrogen and oxygen atoms in total. The van der Waals surface area contributed by atoms with Gasteiger partial charge < -0.3 is 15.4 Å². The molecule has 0 aliphatic carbocycles. The van der Waals surface area contributed by atoms with Crippen molar-refractivity contribution in [1.82, 2.24) is 5.32 Å². The molecule has 1 aromatic carbocycles. The van der Waals surface area contributed by atoms with Crippen molar-refractivity contribution < 1.29 is 9.53 Å². The molecule has 1 aliphatic rings. The molecule has 1 aromatic rings. The Morgan fingerprint density at radius 3 is 2.85 bits per heavy atom. The van der Waals surface area contributed by atoms with Crippen molar-refractivity contribution in [3.8, 4) is 0 Å². The summed E-state index contributed by atoms with van der Waals surface area (Å²) in [5, 5.41) is 6.18. The monoisotopic (exact) mass is 276 g/mol. The van der Waals surface area contributed by atoms with Gasteiger partial charge >= 0.3 is 0 Å². The lowest BCUT2D eigenvalue weighted by atomic mass is 10.1. The van der Waals surface area contributed by atoms with Crippen molar-refractivity contribution in [3.05, 3.63) is 29.3 Å². The summed E-state index contributed by atoms with van der Waals surface area (Å²) >= 11 is 0. The van der Waals surface area contributed by atoms with Crippen LogP contribution in [0.3, 0.4) is 0 Å². The molecule has 0 aromatic heterocycles. The van der Waals surface area contributed by atoms with Gasteiger partial charge in [0.15, 0.2) is 0 Å². The molecule has 20 heavy (non-hydrogen) atoms. The zero-order valence-corrected chi connectivity index (χ0v) is 12.4. The predicted molar refractivity (Wildman–Crippen MR) is 81.0 cm³/mol. The van der Waals surface area contributed by atoms with E-state index in [4.69, 9.17) is 4.74 Å². The van der Waals surface area contributed by atoms with Crippen molar-refractivity contribution in [2.24, 2.45) is 0 Å². The van der Waals surface area contributed by atoms with Crippen LogP contribution in [0.4, 0.5) is 5.69 Å². The van der Waals surface area contributed by atoms with Gasteiger partial charge in [0.2, 0.25) is 5.91 Å². The Morgan fingerprint density at radius 1 is 1.40 bits per heavy atom. The van der Waals surface area contributed by atoms with Gasteiger partial charge in [0, 0.05) is 5.69 Å². The molecule has 0 atom stereocenters. The van der Waals surface area contributed by atoms with Crippen LogP contribution in [0.25, 0.3) is 0 Å². The van der Waals surface area contributed by atoms with Gasteiger partial charge in [0.25, 0.3) is 0 Å². The summed E-state index contributed by atoms with van der Waals surface area (Å²) in [6.07, 6.45) is 3.16. The lowest BCUT2D eigenvalue weighted by molar-refractivity contribution is -0.123. The maximum absolute atomic E-state index is 11.9. The van der Waals surface area contributed by atoms with Crippen LogP contribution in [0.15, 0.2) is 18.2 Å². The fourth-order valence-electron chi connectivity index (χ4n) is 2.48. The summed E-state index contributed by atoms with van der Waals surface area (Å²) in [6.45, 7) is 6.30. The zero-order chi connectivity index (χ0) is 14.4. The molecule has 2 rings (SSSR count). The molecule has 1 aliphatic heterocycles. The van der Waals surface area contributed by atoms with E-state index in [1.165, 1.54) is 11.1 Å². The third-order valence-corrected chi connectivity index (χ3v) is 3.75. The van der Waals surface area contributed by atoms with Gasteiger partial charge in [-0.05, 0) is 62.5 Å². The summed E-state index contributed by atoms with van der Waals surface area (Å²) in [5.41, 5.74) is 3.38. The number of aryl methyl sites for hydroxylation is 2. The minimum atomic E-state index is -0.0746. The van der Waals surface area contributed by atoms with Gasteiger partial charge in [-0.1, -0.05) is 13.0 Å². The van der Waals surface area contributed by atoms with Crippen LogP contribution in [0.1, 0.15) is 30.9 Å². The summed E-state index contributed by atoms with van der Waals surface area (Å²) in [5.74, 6) is -0.0746. The van der Waals surface area contributed by atoms with Gasteiger partial charge in [0.05, 0.1) is 6.10 Å². The number of piperidine rings is 1. The number of ether oxygens (including phenoxy) is 1. The Bertz CT molecular complexity index is 454. The van der Waals surface area contributed by atoms with Crippen molar-refractivity contribution in [3.63, 3.8) is 0 Å². The number of amides is 1. The highest BCUT2D eigenvalue weighted by atomic mass is 16.5. The molecule has 1 heterocycles. The molecule has 0 radical (unpaired) electrons. The van der Waals surface area contributed by atoms with E-state index in [9.17, 15) is 4.79 Å². The molecule has 2 N–H and O–H groups in total. The van der Waals surface area contributed by atoms with Crippen LogP contribution in [0.5, 0.6) is 0 Å². The first-order chi connectivity index (χ1) is 9.69. The van der Waals surface area contributed by atoms with Crippen molar-refractivity contribution in [2.75, 3.05) is 25.0 Å². The number of benzene rings is 1. The second kappa shape index (κ2) is 7.41. The first-order valence-electron chi connectivity index (χ1n) is 7.40. The molecular weight excluding hydrogens is 252 g/mol. The Hall–Kier alpha value is -1.39. The quantitative estimate of drug-likeness (QED) is 0.867. The number of hydrogen-bond acceptors (Lipinski definition) is 3. The van der Waals surface area contributed by atoms with E-state index in [-0.39, 0.29) is 18.6 Å². The highest BCUT2D eigenvalue weighted by Gasteiger charge is 2.14. The van der Waals surface area contributed by atoms with E-state index < -0.39 is 0 Å². The van der Waals surface area contributed by atoms with E-state index in [2.05, 4.69) is 24.5 Å². The molecule has 1 saturated heterocycles. The zero-order valence-electron chi connectivity index (χ0n) is 12.4. The SMILES string of the molecule is CCc1cc(NC(=O)COC2CCNCC2)ccc1C. The highest BCUT2D eigenvalue weighted by Crippen LogP contribution is 2.16. The van der Waals surface area contributed by atoms with Crippen LogP contribution >= 0.6 is 0 Å². The van der Waals surface area contributed by atoms with Gasteiger partial charge in [-0.3, -0.25) is 4.79 Å². The maximum atomic E-state index is 11.9. The molecule has 0 bridgehead atoms. The predicted octanol–water partition coefficient (Wildman–Crippen LogP) is 2.26. The maximum Gasteiger partial charge on any atom is 0.250 e. The summed E-state index contributed by atoms with van der Waals surface area (Å²) < 4.78 is 5.65. The Balaban J connectivity index is 1.81. The first-order valence-corrected chi connectivity index (χ1v) is 7.40. The first kappa shape index (κ1) is 15.0. The number of carbonyl (C=O) groups is 1. The summed E-state index contributed by atoms with van der Waals surface area (Å²) in [4.78, 5) is 11.9. The Labute approximate surface area is 120 Å². The molecule has 0 spiro atoms. The number of hydrogen-bond donors (Lipinski definition) is 2. The molecule has 0 saturated carbocycles. The molecule has 1 amide bonds. The van der Waals surface area contributed by atoms with Gasteiger partial charge in [-0.25, -0.2) is 0 Å². The molecule has 4 heteroatoms. The van der Waals surface area contributed by atoms with E-state index in [1.807, 2.05) is 18.2 Å². The van der Waals surface area contributed by atoms with E-state index >= 15 is 0 Å². The number of rotatable bonds is 5. The van der Waals surface area contributed by atoms with Gasteiger partial charge in [0.1, 0.15) is 6.61 Å². The molecule has 1 fully saturated rings. The van der Waals surface area contributed by atoms with Crippen LogP contribution < -0.4 is 10.6 Å². The van der Waals surface area contributed by atoms with E-state index in [1.54, 1.807) is 0 Å². The standard InChI is InChI=1S/C16H24N2O2/c1-3-13-10-14(5-4-12(13)2)18-16(19)11-20-15-6-8-17-9-7-15/h4-5,10,15,17H,3,6-9,11H2,1-2H3,(H,18,19). The third-order valence-electron chi connectivity index (χ3n) is 3.75. The van der Waals surface area contributed by atoms with E-state index in [0.29, 0.717) is 0 Å². The minimum Gasteiger partial charge on any atom is -0.368 e. The third kappa shape index (κ3) is 4.32. The molecular formula is C16H24N2O2. The molecule has 0 unspecified atom stereocenters. The lowest BCUT2D eigenvalue weighted by Crippen LogP contribution is -2.34. The summed E-state index contributed by atoms with van der Waals surface area (Å²) in [7, 11) is 0. The fraction of sp³-hybridized carbons (Fsp3) is 0.562. The van der Waals surface area contributed by atoms with Crippen molar-refractivity contribution in [2.45, 2.75) is 39.2 Å². The average Bonchev–Trinajstić information content (AvgIpc) is 2.48. The van der Waals surface area contributed by atoms with Crippen molar-refractivity contribution in [1.29, 1.82) is 0 Å². The van der Waals surface area contributed by atoms with Crippen LogP contribution in [-0.2, 0) is 16.0 Å². The molecule has 110 valence electrons. The van der Waals surface area contributed by atoms with Crippen LogP contribution in [0.2, 0.25) is 0 Å². The average molecular weight is 276 g/mol. The van der Waals surface area contributed by atoms with Gasteiger partial charge in [-0.2, -0.15) is 0 Å². The topological polar surface area (TPSA) is 50.4 Å². The lowest BCUT2D eigenvalue weighted by Gasteiger charge is -2.22. The van der Waals surface area contributed by atoms with Crippen molar-refractivity contribution >= 4 is 11.6 Å². The second-order valence-corrected chi connectivity index (χ2v) is 5.30. The smallest absolute Gasteiger partial charge is 0.250 e. The highest BCUT2D eigenvalue weighted by molar-refractivity contribution is 5.91. The Morgan fingerprint density at radius 2 is 2.15 bits per heavy atom. The van der Waals surface area contributed by atoms with E-state index in [0.717, 1.165) is 38.0 Å². The summed E-state index contributed by atoms with van der Waals surface area (Å²) in [6, 6.07) is 6.02. The second-order valence-electron chi connectivity index (χ2n) is 5.30. The van der Waals surface area contributed by atoms with Crippen LogP contribution in [-0.4, -0.2) is 31.7 Å². The minimum absolute atomic E-state index is 0.0746. The van der Waals surface area contributed by atoms with Gasteiger partial charge in [-0.15, -0.1) is 0 Å². The number of nitrogens with one attached hydrogen (secondary N) is 2. The fourth-order valence-corrected chi connectivity index (χ4v) is 2.48. The number of anilines is 1. The van der Waals surface area contributed by atoms with Crippen LogP contribution in [0, 0.1) is 6.92 Å².